The molecule has 5 heteroatoms. The predicted molar refractivity (Wildman–Crippen MR) is 53.8 cm³/mol. The fourth-order valence-electron chi connectivity index (χ4n) is 2.38. The highest BCUT2D eigenvalue weighted by atomic mass is 19.4. The first kappa shape index (κ1) is 10.9. The van der Waals surface area contributed by atoms with Crippen LogP contribution < -0.4 is 4.74 Å². The second-order valence-corrected chi connectivity index (χ2v) is 4.90. The standard InChI is InChI=1S/C12H11F3O2/c1-11(2)10-9(16-10)8-6(12(13,14)15)4-3-5-7(8)17-11/h3-5,9-10H,1-2H3. The molecule has 0 amide bonds. The summed E-state index contributed by atoms with van der Waals surface area (Å²) in [6.07, 6.45) is -5.13. The van der Waals surface area contributed by atoms with Crippen molar-refractivity contribution >= 4 is 0 Å². The largest absolute Gasteiger partial charge is 0.485 e. The molecule has 0 spiro atoms. The summed E-state index contributed by atoms with van der Waals surface area (Å²) in [5, 5.41) is 0. The Bertz CT molecular complexity index is 479. The minimum Gasteiger partial charge on any atom is -0.485 e. The Kier molecular flexibility index (Phi) is 1.90. The Labute approximate surface area is 96.3 Å². The van der Waals surface area contributed by atoms with Crippen LogP contribution in [0.25, 0.3) is 0 Å². The molecule has 0 N–H and O–H groups in total. The lowest BCUT2D eigenvalue weighted by molar-refractivity contribution is -0.138. The lowest BCUT2D eigenvalue weighted by Crippen LogP contribution is -2.38. The molecule has 2 unspecified atom stereocenters. The highest BCUT2D eigenvalue weighted by Gasteiger charge is 2.59. The van der Waals surface area contributed by atoms with Crippen molar-refractivity contribution in [3.8, 4) is 5.75 Å². The zero-order chi connectivity index (χ0) is 12.4. The summed E-state index contributed by atoms with van der Waals surface area (Å²) >= 11 is 0. The van der Waals surface area contributed by atoms with Gasteiger partial charge in [0.2, 0.25) is 0 Å². The summed E-state index contributed by atoms with van der Waals surface area (Å²) < 4.78 is 49.5. The summed E-state index contributed by atoms with van der Waals surface area (Å²) in [6, 6.07) is 3.99. The molecule has 0 radical (unpaired) electrons. The maximum atomic E-state index is 12.8. The Morgan fingerprint density at radius 1 is 1.24 bits per heavy atom. The molecule has 0 saturated carbocycles. The summed E-state index contributed by atoms with van der Waals surface area (Å²) in [6.45, 7) is 3.64. The molecule has 0 bridgehead atoms. The van der Waals surface area contributed by atoms with E-state index in [2.05, 4.69) is 0 Å². The summed E-state index contributed by atoms with van der Waals surface area (Å²) in [5.74, 6) is 0.281. The zero-order valence-corrected chi connectivity index (χ0v) is 9.34. The molecule has 0 aliphatic carbocycles. The molecule has 2 atom stereocenters. The van der Waals surface area contributed by atoms with Crippen LogP contribution in [-0.4, -0.2) is 11.7 Å². The van der Waals surface area contributed by atoms with Crippen LogP contribution in [0.4, 0.5) is 13.2 Å². The van der Waals surface area contributed by atoms with Crippen molar-refractivity contribution < 1.29 is 22.6 Å². The van der Waals surface area contributed by atoms with Gasteiger partial charge < -0.3 is 9.47 Å². The topological polar surface area (TPSA) is 21.8 Å². The first-order chi connectivity index (χ1) is 7.81. The van der Waals surface area contributed by atoms with E-state index in [0.29, 0.717) is 0 Å². The summed E-state index contributed by atoms with van der Waals surface area (Å²) in [5.41, 5.74) is -1.08. The third-order valence-electron chi connectivity index (χ3n) is 3.21. The number of benzene rings is 1. The number of rotatable bonds is 0. The average Bonchev–Trinajstić information content (AvgIpc) is 2.94. The molecular weight excluding hydrogens is 233 g/mol. The number of hydrogen-bond donors (Lipinski definition) is 0. The maximum absolute atomic E-state index is 12.8. The molecule has 1 aromatic carbocycles. The van der Waals surface area contributed by atoms with Gasteiger partial charge in [0, 0.05) is 5.56 Å². The van der Waals surface area contributed by atoms with E-state index in [1.54, 1.807) is 6.07 Å². The van der Waals surface area contributed by atoms with Gasteiger partial charge in [-0.15, -0.1) is 0 Å². The maximum Gasteiger partial charge on any atom is 0.416 e. The highest BCUT2D eigenvalue weighted by Crippen LogP contribution is 2.56. The molecular formula is C12H11F3O2. The van der Waals surface area contributed by atoms with Gasteiger partial charge in [0.25, 0.3) is 0 Å². The van der Waals surface area contributed by atoms with Crippen molar-refractivity contribution in [3.63, 3.8) is 0 Å². The molecule has 92 valence electrons. The molecule has 1 aromatic rings. The Hall–Kier alpha value is -1.23. The van der Waals surface area contributed by atoms with Gasteiger partial charge in [0.05, 0.1) is 5.56 Å². The average molecular weight is 244 g/mol. The number of ether oxygens (including phenoxy) is 2. The van der Waals surface area contributed by atoms with Crippen LogP contribution in [0.2, 0.25) is 0 Å². The molecule has 2 heterocycles. The zero-order valence-electron chi connectivity index (χ0n) is 9.34. The molecule has 2 aliphatic rings. The van der Waals surface area contributed by atoms with Crippen LogP contribution in [0.3, 0.4) is 0 Å². The third kappa shape index (κ3) is 1.52. The predicted octanol–water partition coefficient (Wildman–Crippen LogP) is 3.32. The van der Waals surface area contributed by atoms with Crippen molar-refractivity contribution in [2.75, 3.05) is 0 Å². The van der Waals surface area contributed by atoms with Gasteiger partial charge in [-0.05, 0) is 26.0 Å². The number of alkyl halides is 3. The normalized spacial score (nSPS) is 29.0. The lowest BCUT2D eigenvalue weighted by atomic mass is 9.91. The molecule has 1 saturated heterocycles. The van der Waals surface area contributed by atoms with Crippen molar-refractivity contribution in [3.05, 3.63) is 29.3 Å². The molecule has 2 nitrogen and oxygen atoms in total. The van der Waals surface area contributed by atoms with Crippen LogP contribution in [0.5, 0.6) is 5.75 Å². The fourth-order valence-corrected chi connectivity index (χ4v) is 2.38. The number of hydrogen-bond acceptors (Lipinski definition) is 2. The van der Waals surface area contributed by atoms with Crippen LogP contribution in [0, 0.1) is 0 Å². The lowest BCUT2D eigenvalue weighted by Gasteiger charge is -2.30. The van der Waals surface area contributed by atoms with Gasteiger partial charge in [-0.3, -0.25) is 0 Å². The van der Waals surface area contributed by atoms with E-state index in [0.717, 1.165) is 6.07 Å². The quantitative estimate of drug-likeness (QED) is 0.653. The van der Waals surface area contributed by atoms with E-state index >= 15 is 0 Å². The summed E-state index contributed by atoms with van der Waals surface area (Å²) in [4.78, 5) is 0. The molecule has 1 fully saturated rings. The van der Waals surface area contributed by atoms with E-state index in [-0.39, 0.29) is 17.4 Å². The second-order valence-electron chi connectivity index (χ2n) is 4.90. The van der Waals surface area contributed by atoms with Crippen LogP contribution >= 0.6 is 0 Å². The highest BCUT2D eigenvalue weighted by molar-refractivity contribution is 5.48. The van der Waals surface area contributed by atoms with Gasteiger partial charge in [0.15, 0.2) is 0 Å². The second kappa shape index (κ2) is 2.96. The smallest absolute Gasteiger partial charge is 0.416 e. The number of epoxide rings is 1. The summed E-state index contributed by atoms with van der Waals surface area (Å²) in [7, 11) is 0. The van der Waals surface area contributed by atoms with E-state index < -0.39 is 23.4 Å². The van der Waals surface area contributed by atoms with Crippen LogP contribution in [-0.2, 0) is 10.9 Å². The van der Waals surface area contributed by atoms with E-state index in [9.17, 15) is 13.2 Å². The van der Waals surface area contributed by atoms with E-state index in [1.165, 1.54) is 6.07 Å². The first-order valence-corrected chi connectivity index (χ1v) is 5.35. The van der Waals surface area contributed by atoms with Gasteiger partial charge in [-0.1, -0.05) is 6.07 Å². The van der Waals surface area contributed by atoms with E-state index in [1.807, 2.05) is 13.8 Å². The van der Waals surface area contributed by atoms with Gasteiger partial charge in [-0.25, -0.2) is 0 Å². The van der Waals surface area contributed by atoms with Gasteiger partial charge >= 0.3 is 6.18 Å². The number of halogens is 3. The monoisotopic (exact) mass is 244 g/mol. The minimum atomic E-state index is -4.37. The minimum absolute atomic E-state index is 0.143. The molecule has 3 rings (SSSR count). The van der Waals surface area contributed by atoms with Crippen molar-refractivity contribution in [2.24, 2.45) is 0 Å². The van der Waals surface area contributed by atoms with Crippen LogP contribution in [0.15, 0.2) is 18.2 Å². The van der Waals surface area contributed by atoms with E-state index in [4.69, 9.17) is 9.47 Å². The first-order valence-electron chi connectivity index (χ1n) is 5.35. The van der Waals surface area contributed by atoms with Gasteiger partial charge in [-0.2, -0.15) is 13.2 Å². The van der Waals surface area contributed by atoms with Crippen molar-refractivity contribution in [1.29, 1.82) is 0 Å². The SMILES string of the molecule is CC1(C)Oc2cccc(C(F)(F)F)c2C2OC21. The third-order valence-corrected chi connectivity index (χ3v) is 3.21. The Morgan fingerprint density at radius 3 is 2.59 bits per heavy atom. The van der Waals surface area contributed by atoms with Crippen LogP contribution in [0.1, 0.15) is 31.1 Å². The number of fused-ring (bicyclic) bond motifs is 3. The Morgan fingerprint density at radius 2 is 1.94 bits per heavy atom. The Balaban J connectivity index is 2.15. The fraction of sp³-hybridized carbons (Fsp3) is 0.500. The van der Waals surface area contributed by atoms with Crippen molar-refractivity contribution in [2.45, 2.75) is 37.8 Å². The van der Waals surface area contributed by atoms with Crippen molar-refractivity contribution in [1.82, 2.24) is 0 Å². The molecule has 0 aromatic heterocycles. The molecule has 2 aliphatic heterocycles. The van der Waals surface area contributed by atoms with Gasteiger partial charge in [0.1, 0.15) is 23.6 Å². The molecule has 17 heavy (non-hydrogen) atoms.